The topological polar surface area (TPSA) is 79.0 Å². The number of rotatable bonds is 6. The van der Waals surface area contributed by atoms with E-state index in [9.17, 15) is 0 Å². The third-order valence-electron chi connectivity index (χ3n) is 5.29. The molecule has 0 unspecified atom stereocenters. The van der Waals surface area contributed by atoms with Crippen LogP contribution in [0.25, 0.3) is 0 Å². The first kappa shape index (κ1) is 17.2. The lowest BCUT2D eigenvalue weighted by atomic mass is 9.96. The van der Waals surface area contributed by atoms with Crippen molar-refractivity contribution in [1.82, 2.24) is 24.5 Å². The van der Waals surface area contributed by atoms with E-state index in [1.807, 2.05) is 25.2 Å². The van der Waals surface area contributed by atoms with Crippen molar-refractivity contribution in [2.45, 2.75) is 37.6 Å². The van der Waals surface area contributed by atoms with Crippen molar-refractivity contribution in [2.75, 3.05) is 18.5 Å². The Bertz CT molecular complexity index is 955. The summed E-state index contributed by atoms with van der Waals surface area (Å²) in [7, 11) is 1.88. The Balaban J connectivity index is 1.39. The summed E-state index contributed by atoms with van der Waals surface area (Å²) in [5.74, 6) is 3.55. The van der Waals surface area contributed by atoms with Crippen LogP contribution in [0.15, 0.2) is 36.8 Å². The van der Waals surface area contributed by atoms with E-state index in [1.165, 1.54) is 12.8 Å². The van der Waals surface area contributed by atoms with Gasteiger partial charge in [-0.15, -0.1) is 0 Å². The number of hydrogen-bond donors (Lipinski definition) is 1. The summed E-state index contributed by atoms with van der Waals surface area (Å²) in [4.78, 5) is 4.38. The van der Waals surface area contributed by atoms with Crippen LogP contribution in [0.4, 0.5) is 11.6 Å². The predicted octanol–water partition coefficient (Wildman–Crippen LogP) is 3.78. The summed E-state index contributed by atoms with van der Waals surface area (Å²) < 4.78 is 15.6. The lowest BCUT2D eigenvalue weighted by molar-refractivity contribution is 0.0839. The first-order chi connectivity index (χ1) is 13.8. The molecule has 3 aromatic heterocycles. The van der Waals surface area contributed by atoms with Gasteiger partial charge in [-0.05, 0) is 31.7 Å². The van der Waals surface area contributed by atoms with Crippen LogP contribution in [0.3, 0.4) is 0 Å². The minimum absolute atomic E-state index is 0.387. The molecule has 2 fully saturated rings. The molecule has 146 valence electrons. The number of anilines is 2. The molecular formula is C20H24N6O2. The Labute approximate surface area is 163 Å². The van der Waals surface area contributed by atoms with E-state index in [4.69, 9.17) is 14.6 Å². The van der Waals surface area contributed by atoms with Crippen LogP contribution in [0.5, 0.6) is 11.5 Å². The molecule has 1 saturated heterocycles. The predicted molar refractivity (Wildman–Crippen MR) is 104 cm³/mol. The molecule has 0 atom stereocenters. The standard InChI is InChI=1S/C20H24N6O2/c1-25-19(5-9-22-25)23-18-12-16(4-8-21-18)28-17-13-26(15-2-3-15)24-20(17)14-6-10-27-11-7-14/h4-5,8-9,12-15H,2-3,6-7,10-11H2,1H3,(H,21,23). The van der Waals surface area contributed by atoms with E-state index in [0.717, 1.165) is 49.1 Å². The second-order valence-electron chi connectivity index (χ2n) is 7.42. The van der Waals surface area contributed by atoms with Crippen LogP contribution < -0.4 is 10.1 Å². The van der Waals surface area contributed by atoms with Crippen molar-refractivity contribution in [1.29, 1.82) is 0 Å². The summed E-state index contributed by atoms with van der Waals surface area (Å²) >= 11 is 0. The number of nitrogens with zero attached hydrogens (tertiary/aromatic N) is 5. The Hall–Kier alpha value is -2.87. The summed E-state index contributed by atoms with van der Waals surface area (Å²) in [6, 6.07) is 6.19. The van der Waals surface area contributed by atoms with Gasteiger partial charge in [0.1, 0.15) is 23.1 Å². The lowest BCUT2D eigenvalue weighted by Gasteiger charge is -2.21. The highest BCUT2D eigenvalue weighted by molar-refractivity contribution is 5.53. The molecule has 0 amide bonds. The van der Waals surface area contributed by atoms with Gasteiger partial charge >= 0.3 is 0 Å². The summed E-state index contributed by atoms with van der Waals surface area (Å²) in [5, 5.41) is 12.3. The van der Waals surface area contributed by atoms with Crippen LogP contribution in [0.1, 0.15) is 43.3 Å². The average Bonchev–Trinajstić information content (AvgIpc) is 3.37. The Kier molecular flexibility index (Phi) is 4.48. The largest absolute Gasteiger partial charge is 0.454 e. The normalized spacial score (nSPS) is 17.6. The van der Waals surface area contributed by atoms with Gasteiger partial charge in [-0.3, -0.25) is 9.36 Å². The van der Waals surface area contributed by atoms with Crippen molar-refractivity contribution in [2.24, 2.45) is 7.05 Å². The van der Waals surface area contributed by atoms with Crippen LogP contribution in [-0.4, -0.2) is 37.8 Å². The second-order valence-corrected chi connectivity index (χ2v) is 7.42. The highest BCUT2D eigenvalue weighted by Gasteiger charge is 2.29. The number of pyridine rings is 1. The maximum Gasteiger partial charge on any atom is 0.168 e. The number of nitrogens with one attached hydrogen (secondary N) is 1. The zero-order valence-corrected chi connectivity index (χ0v) is 15.9. The summed E-state index contributed by atoms with van der Waals surface area (Å²) in [5.41, 5.74) is 1.05. The molecule has 0 aromatic carbocycles. The molecule has 8 nitrogen and oxygen atoms in total. The molecule has 1 N–H and O–H groups in total. The van der Waals surface area contributed by atoms with Crippen molar-refractivity contribution in [3.8, 4) is 11.5 Å². The smallest absolute Gasteiger partial charge is 0.168 e. The number of aromatic nitrogens is 5. The molecule has 28 heavy (non-hydrogen) atoms. The lowest BCUT2D eigenvalue weighted by Crippen LogP contribution is -2.15. The van der Waals surface area contributed by atoms with Gasteiger partial charge in [0.15, 0.2) is 5.75 Å². The maximum absolute atomic E-state index is 6.28. The highest BCUT2D eigenvalue weighted by atomic mass is 16.5. The van der Waals surface area contributed by atoms with Gasteiger partial charge in [-0.2, -0.15) is 10.2 Å². The summed E-state index contributed by atoms with van der Waals surface area (Å²) in [6.45, 7) is 1.57. The van der Waals surface area contributed by atoms with Gasteiger partial charge in [0.25, 0.3) is 0 Å². The zero-order valence-electron chi connectivity index (χ0n) is 15.9. The fourth-order valence-corrected chi connectivity index (χ4v) is 3.55. The molecule has 3 aromatic rings. The fourth-order valence-electron chi connectivity index (χ4n) is 3.55. The van der Waals surface area contributed by atoms with E-state index in [2.05, 4.69) is 26.3 Å². The molecule has 1 aliphatic carbocycles. The maximum atomic E-state index is 6.28. The second kappa shape index (κ2) is 7.27. The number of aryl methyl sites for hydroxylation is 1. The third-order valence-corrected chi connectivity index (χ3v) is 5.29. The van der Waals surface area contributed by atoms with Gasteiger partial charge in [-0.1, -0.05) is 0 Å². The first-order valence-electron chi connectivity index (χ1n) is 9.82. The molecule has 0 bridgehead atoms. The van der Waals surface area contributed by atoms with E-state index < -0.39 is 0 Å². The Morgan fingerprint density at radius 1 is 1.14 bits per heavy atom. The molecule has 0 radical (unpaired) electrons. The molecule has 1 aliphatic heterocycles. The quantitative estimate of drug-likeness (QED) is 0.701. The summed E-state index contributed by atoms with van der Waals surface area (Å²) in [6.07, 6.45) is 9.91. The fraction of sp³-hybridized carbons (Fsp3) is 0.450. The highest BCUT2D eigenvalue weighted by Crippen LogP contribution is 2.40. The van der Waals surface area contributed by atoms with Gasteiger partial charge < -0.3 is 14.8 Å². The van der Waals surface area contributed by atoms with Crippen molar-refractivity contribution in [3.63, 3.8) is 0 Å². The van der Waals surface area contributed by atoms with Crippen LogP contribution >= 0.6 is 0 Å². The molecule has 2 aliphatic rings. The van der Waals surface area contributed by atoms with E-state index >= 15 is 0 Å². The average molecular weight is 380 g/mol. The first-order valence-corrected chi connectivity index (χ1v) is 9.82. The third kappa shape index (κ3) is 3.60. The Morgan fingerprint density at radius 2 is 2.00 bits per heavy atom. The van der Waals surface area contributed by atoms with Gasteiger partial charge in [0.2, 0.25) is 0 Å². The molecule has 5 rings (SSSR count). The monoisotopic (exact) mass is 380 g/mol. The zero-order chi connectivity index (χ0) is 18.9. The van der Waals surface area contributed by atoms with Crippen LogP contribution in [-0.2, 0) is 11.8 Å². The Morgan fingerprint density at radius 3 is 2.75 bits per heavy atom. The van der Waals surface area contributed by atoms with Gasteiger partial charge in [-0.25, -0.2) is 4.98 Å². The molecule has 4 heterocycles. The minimum Gasteiger partial charge on any atom is -0.454 e. The molecule has 8 heteroatoms. The van der Waals surface area contributed by atoms with Crippen molar-refractivity contribution in [3.05, 3.63) is 42.5 Å². The van der Waals surface area contributed by atoms with E-state index in [-0.39, 0.29) is 0 Å². The van der Waals surface area contributed by atoms with Crippen molar-refractivity contribution >= 4 is 11.6 Å². The SMILES string of the molecule is Cn1nccc1Nc1cc(Oc2cn(C3CC3)nc2C2CCOCC2)ccn1. The van der Waals surface area contributed by atoms with Gasteiger partial charge in [0, 0.05) is 44.5 Å². The minimum atomic E-state index is 0.387. The number of hydrogen-bond acceptors (Lipinski definition) is 6. The molecular weight excluding hydrogens is 356 g/mol. The molecule has 0 spiro atoms. The van der Waals surface area contributed by atoms with Crippen LogP contribution in [0, 0.1) is 0 Å². The van der Waals surface area contributed by atoms with Crippen molar-refractivity contribution < 1.29 is 9.47 Å². The van der Waals surface area contributed by atoms with E-state index in [0.29, 0.717) is 17.8 Å². The number of ether oxygens (including phenoxy) is 2. The van der Waals surface area contributed by atoms with Gasteiger partial charge in [0.05, 0.1) is 18.4 Å². The molecule has 1 saturated carbocycles. The van der Waals surface area contributed by atoms with Crippen LogP contribution in [0.2, 0.25) is 0 Å². The van der Waals surface area contributed by atoms with E-state index in [1.54, 1.807) is 17.1 Å².